The van der Waals surface area contributed by atoms with Crippen LogP contribution in [0.5, 0.6) is 5.75 Å². The van der Waals surface area contributed by atoms with Gasteiger partial charge in [0, 0.05) is 23.8 Å². The molecule has 0 radical (unpaired) electrons. The summed E-state index contributed by atoms with van der Waals surface area (Å²) >= 11 is 5.91. The third kappa shape index (κ3) is 3.46. The van der Waals surface area contributed by atoms with E-state index in [1.165, 1.54) is 18.5 Å². The van der Waals surface area contributed by atoms with Crippen LogP contribution in [0.25, 0.3) is 0 Å². The monoisotopic (exact) mass is 378 g/mol. The van der Waals surface area contributed by atoms with E-state index in [1.54, 1.807) is 18.2 Å². The highest BCUT2D eigenvalue weighted by Gasteiger charge is 2.34. The Morgan fingerprint density at radius 3 is 2.81 bits per heavy atom. The molecule has 1 heterocycles. The SMILES string of the molecule is CCOCCOc1cc2c(cc1N)C(N)(c1ccc(F)c(Cl)c1)N=CN2. The maximum atomic E-state index is 13.5. The van der Waals surface area contributed by atoms with E-state index in [0.717, 1.165) is 0 Å². The average molecular weight is 379 g/mol. The number of fused-ring (bicyclic) bond motifs is 1. The summed E-state index contributed by atoms with van der Waals surface area (Å²) in [5.41, 5.74) is 13.7. The van der Waals surface area contributed by atoms with Crippen molar-refractivity contribution < 1.29 is 13.9 Å². The number of hydrogen-bond donors (Lipinski definition) is 3. The van der Waals surface area contributed by atoms with Gasteiger partial charge in [0.1, 0.15) is 18.2 Å². The lowest BCUT2D eigenvalue weighted by Crippen LogP contribution is -2.39. The van der Waals surface area contributed by atoms with Gasteiger partial charge in [0.25, 0.3) is 0 Å². The fourth-order valence-electron chi connectivity index (χ4n) is 2.75. The number of nitrogens with zero attached hydrogens (tertiary/aromatic N) is 1. The summed E-state index contributed by atoms with van der Waals surface area (Å²) in [5, 5.41) is 3.02. The Balaban J connectivity index is 1.95. The Kier molecular flexibility index (Phi) is 5.31. The van der Waals surface area contributed by atoms with E-state index in [9.17, 15) is 4.39 Å². The number of hydrogen-bond acceptors (Lipinski definition) is 6. The molecule has 5 N–H and O–H groups in total. The molecule has 6 nitrogen and oxygen atoms in total. The van der Waals surface area contributed by atoms with Crippen molar-refractivity contribution in [3.05, 3.63) is 52.3 Å². The van der Waals surface area contributed by atoms with Gasteiger partial charge < -0.3 is 20.5 Å². The lowest BCUT2D eigenvalue weighted by Gasteiger charge is -2.32. The molecule has 0 aromatic heterocycles. The minimum Gasteiger partial charge on any atom is -0.489 e. The Labute approximate surface area is 155 Å². The van der Waals surface area contributed by atoms with Crippen LogP contribution in [-0.2, 0) is 10.4 Å². The van der Waals surface area contributed by atoms with Crippen LogP contribution in [0.2, 0.25) is 5.02 Å². The van der Waals surface area contributed by atoms with Gasteiger partial charge in [-0.3, -0.25) is 5.73 Å². The molecule has 0 aliphatic carbocycles. The van der Waals surface area contributed by atoms with Crippen LogP contribution in [0.1, 0.15) is 18.1 Å². The number of aliphatic imine (C=N–C) groups is 1. The van der Waals surface area contributed by atoms with E-state index in [1.807, 2.05) is 6.92 Å². The molecule has 26 heavy (non-hydrogen) atoms. The summed E-state index contributed by atoms with van der Waals surface area (Å²) in [6.45, 7) is 3.39. The zero-order valence-corrected chi connectivity index (χ0v) is 15.0. The highest BCUT2D eigenvalue weighted by atomic mass is 35.5. The molecule has 1 atom stereocenters. The van der Waals surface area contributed by atoms with Crippen molar-refractivity contribution in [2.45, 2.75) is 12.6 Å². The second kappa shape index (κ2) is 7.49. The Morgan fingerprint density at radius 2 is 2.08 bits per heavy atom. The van der Waals surface area contributed by atoms with E-state index in [-0.39, 0.29) is 5.02 Å². The maximum absolute atomic E-state index is 13.5. The molecule has 0 saturated carbocycles. The predicted molar refractivity (Wildman–Crippen MR) is 101 cm³/mol. The molecule has 1 aliphatic heterocycles. The topological polar surface area (TPSA) is 94.9 Å². The Morgan fingerprint density at radius 1 is 1.27 bits per heavy atom. The summed E-state index contributed by atoms with van der Waals surface area (Å²) in [6, 6.07) is 7.74. The Hall–Kier alpha value is -2.35. The van der Waals surface area contributed by atoms with E-state index in [4.69, 9.17) is 32.5 Å². The minimum absolute atomic E-state index is 0.0218. The third-order valence-electron chi connectivity index (χ3n) is 4.10. The molecular formula is C18H20ClFN4O2. The highest BCUT2D eigenvalue weighted by Crippen LogP contribution is 2.41. The fraction of sp³-hybridized carbons (Fsp3) is 0.278. The van der Waals surface area contributed by atoms with Crippen LogP contribution < -0.4 is 21.5 Å². The third-order valence-corrected chi connectivity index (χ3v) is 4.39. The Bertz CT molecular complexity index is 846. The number of nitrogens with two attached hydrogens (primary N) is 2. The molecule has 2 aromatic carbocycles. The van der Waals surface area contributed by atoms with Gasteiger partial charge in [-0.2, -0.15) is 0 Å². The van der Waals surface area contributed by atoms with Crippen LogP contribution in [0.3, 0.4) is 0 Å². The van der Waals surface area contributed by atoms with Gasteiger partial charge in [-0.1, -0.05) is 17.7 Å². The van der Waals surface area contributed by atoms with Crippen LogP contribution in [0.15, 0.2) is 35.3 Å². The number of nitrogens with one attached hydrogen (secondary N) is 1. The highest BCUT2D eigenvalue weighted by molar-refractivity contribution is 6.30. The van der Waals surface area contributed by atoms with Crippen LogP contribution >= 0.6 is 11.6 Å². The van der Waals surface area contributed by atoms with Crippen molar-refractivity contribution in [3.8, 4) is 5.75 Å². The second-order valence-electron chi connectivity index (χ2n) is 5.78. The molecule has 138 valence electrons. The lowest BCUT2D eigenvalue weighted by atomic mass is 9.89. The van der Waals surface area contributed by atoms with E-state index in [0.29, 0.717) is 48.1 Å². The van der Waals surface area contributed by atoms with Crippen LogP contribution in [0, 0.1) is 5.82 Å². The maximum Gasteiger partial charge on any atom is 0.163 e. The minimum atomic E-state index is -1.24. The first-order chi connectivity index (χ1) is 12.5. The smallest absolute Gasteiger partial charge is 0.163 e. The largest absolute Gasteiger partial charge is 0.489 e. The van der Waals surface area contributed by atoms with Gasteiger partial charge in [0.2, 0.25) is 0 Å². The zero-order chi connectivity index (χ0) is 18.7. The summed E-state index contributed by atoms with van der Waals surface area (Å²) < 4.78 is 24.4. The molecule has 0 fully saturated rings. The summed E-state index contributed by atoms with van der Waals surface area (Å²) in [4.78, 5) is 4.35. The lowest BCUT2D eigenvalue weighted by molar-refractivity contribution is 0.110. The van der Waals surface area contributed by atoms with Crippen LogP contribution in [-0.4, -0.2) is 26.2 Å². The number of anilines is 2. The number of benzene rings is 2. The number of rotatable bonds is 6. The normalized spacial score (nSPS) is 18.3. The molecule has 1 unspecified atom stereocenters. The number of nitrogen functional groups attached to an aromatic ring is 1. The van der Waals surface area contributed by atoms with Gasteiger partial charge in [-0.15, -0.1) is 0 Å². The van der Waals surface area contributed by atoms with Gasteiger partial charge >= 0.3 is 0 Å². The standard InChI is InChI=1S/C18H20ClFN4O2/c1-2-25-5-6-26-17-9-16-12(8-15(17)21)18(22,24-10-23-16)11-3-4-14(20)13(19)7-11/h3-4,7-10H,2,5-6,21-22H2,1H3,(H,23,24). The van der Waals surface area contributed by atoms with Crippen molar-refractivity contribution in [3.63, 3.8) is 0 Å². The van der Waals surface area contributed by atoms with Crippen molar-refractivity contribution in [2.75, 3.05) is 30.9 Å². The molecule has 0 saturated heterocycles. The second-order valence-corrected chi connectivity index (χ2v) is 6.19. The number of ether oxygens (including phenoxy) is 2. The van der Waals surface area contributed by atoms with Gasteiger partial charge in [-0.25, -0.2) is 9.38 Å². The first-order valence-corrected chi connectivity index (χ1v) is 8.52. The molecule has 3 rings (SSSR count). The molecule has 2 aromatic rings. The predicted octanol–water partition coefficient (Wildman–Crippen LogP) is 3.09. The summed E-state index contributed by atoms with van der Waals surface area (Å²) in [6.07, 6.45) is 1.49. The van der Waals surface area contributed by atoms with Gasteiger partial charge in [0.15, 0.2) is 5.66 Å². The van der Waals surface area contributed by atoms with Gasteiger partial charge in [-0.05, 0) is 25.1 Å². The van der Waals surface area contributed by atoms with Crippen molar-refractivity contribution in [2.24, 2.45) is 10.7 Å². The molecule has 0 bridgehead atoms. The average Bonchev–Trinajstić information content (AvgIpc) is 2.62. The summed E-state index contributed by atoms with van der Waals surface area (Å²) in [7, 11) is 0. The van der Waals surface area contributed by atoms with Crippen molar-refractivity contribution in [1.29, 1.82) is 0 Å². The first kappa shape index (κ1) is 18.4. The molecular weight excluding hydrogens is 359 g/mol. The van der Waals surface area contributed by atoms with Crippen molar-refractivity contribution in [1.82, 2.24) is 0 Å². The fourth-order valence-corrected chi connectivity index (χ4v) is 2.93. The summed E-state index contributed by atoms with van der Waals surface area (Å²) in [5.74, 6) is 0.000422. The molecule has 8 heteroatoms. The molecule has 0 amide bonds. The van der Waals surface area contributed by atoms with E-state index < -0.39 is 11.5 Å². The van der Waals surface area contributed by atoms with Crippen molar-refractivity contribution >= 4 is 29.3 Å². The van der Waals surface area contributed by atoms with Gasteiger partial charge in [0.05, 0.1) is 29.3 Å². The van der Waals surface area contributed by atoms with Crippen LogP contribution in [0.4, 0.5) is 15.8 Å². The van der Waals surface area contributed by atoms with E-state index in [2.05, 4.69) is 10.3 Å². The number of halogens is 2. The zero-order valence-electron chi connectivity index (χ0n) is 14.3. The van der Waals surface area contributed by atoms with E-state index >= 15 is 0 Å². The molecule has 0 spiro atoms. The molecule has 1 aliphatic rings. The first-order valence-electron chi connectivity index (χ1n) is 8.15. The quantitative estimate of drug-likeness (QED) is 0.530.